The van der Waals surface area contributed by atoms with Crippen molar-refractivity contribution in [3.05, 3.63) is 39.1 Å². The highest BCUT2D eigenvalue weighted by Gasteiger charge is 2.22. The summed E-state index contributed by atoms with van der Waals surface area (Å²) in [6.07, 6.45) is 0. The number of sulfonamides is 2. The topological polar surface area (TPSA) is 106 Å². The molecule has 0 unspecified atom stereocenters. The summed E-state index contributed by atoms with van der Waals surface area (Å²) in [4.78, 5) is -0.310. The van der Waals surface area contributed by atoms with Crippen LogP contribution in [0.4, 0.5) is 5.69 Å². The fourth-order valence-corrected chi connectivity index (χ4v) is 5.69. The minimum atomic E-state index is -4.05. The molecule has 11 heteroatoms. The molecule has 0 atom stereocenters. The third kappa shape index (κ3) is 3.76. The van der Waals surface area contributed by atoms with E-state index in [-0.39, 0.29) is 19.8 Å². The number of hydrogen-bond donors (Lipinski definition) is 2. The monoisotopic (exact) mass is 430 g/mol. The zero-order chi connectivity index (χ0) is 15.8. The van der Waals surface area contributed by atoms with Crippen LogP contribution in [-0.4, -0.2) is 16.8 Å². The number of nitrogens with one attached hydrogen (secondary N) is 1. The lowest BCUT2D eigenvalue weighted by Crippen LogP contribution is -2.18. The van der Waals surface area contributed by atoms with Crippen LogP contribution in [0.1, 0.15) is 0 Å². The smallest absolute Gasteiger partial charge is 0.271 e. The molecule has 0 aliphatic rings. The normalized spacial score (nSPS) is 12.3. The van der Waals surface area contributed by atoms with Crippen LogP contribution >= 0.6 is 38.9 Å². The van der Waals surface area contributed by atoms with Gasteiger partial charge in [-0.05, 0) is 34.1 Å². The Bertz CT molecular complexity index is 873. The van der Waals surface area contributed by atoms with Crippen molar-refractivity contribution in [1.29, 1.82) is 0 Å². The van der Waals surface area contributed by atoms with Crippen molar-refractivity contribution in [1.82, 2.24) is 0 Å². The van der Waals surface area contributed by atoms with Crippen molar-refractivity contribution >= 4 is 64.6 Å². The summed E-state index contributed by atoms with van der Waals surface area (Å²) >= 11 is 9.82. The third-order valence-electron chi connectivity index (χ3n) is 2.33. The number of benzene rings is 1. The maximum atomic E-state index is 12.2. The van der Waals surface area contributed by atoms with Gasteiger partial charge < -0.3 is 0 Å². The molecule has 0 amide bonds. The van der Waals surface area contributed by atoms with Gasteiger partial charge in [0.05, 0.1) is 14.5 Å². The van der Waals surface area contributed by atoms with Gasteiger partial charge in [-0.25, -0.2) is 22.0 Å². The summed E-state index contributed by atoms with van der Waals surface area (Å²) in [6, 6.07) is 6.71. The van der Waals surface area contributed by atoms with E-state index in [1.165, 1.54) is 30.3 Å². The van der Waals surface area contributed by atoms with E-state index in [1.807, 2.05) is 0 Å². The van der Waals surface area contributed by atoms with Gasteiger partial charge in [0, 0.05) is 0 Å². The van der Waals surface area contributed by atoms with Crippen molar-refractivity contribution in [3.63, 3.8) is 0 Å². The lowest BCUT2D eigenvalue weighted by Gasteiger charge is -2.09. The number of anilines is 1. The van der Waals surface area contributed by atoms with E-state index in [0.29, 0.717) is 3.79 Å². The molecule has 114 valence electrons. The maximum absolute atomic E-state index is 12.2. The minimum absolute atomic E-state index is 0.0522. The van der Waals surface area contributed by atoms with Gasteiger partial charge in [-0.2, -0.15) is 0 Å². The van der Waals surface area contributed by atoms with Gasteiger partial charge in [-0.3, -0.25) is 4.72 Å². The van der Waals surface area contributed by atoms with E-state index in [4.69, 9.17) is 16.7 Å². The molecule has 6 nitrogen and oxygen atoms in total. The fraction of sp³-hybridized carbons (Fsp3) is 0. The molecule has 1 aromatic heterocycles. The summed E-state index contributed by atoms with van der Waals surface area (Å²) < 4.78 is 50.0. The van der Waals surface area contributed by atoms with Crippen LogP contribution in [0.25, 0.3) is 0 Å². The quantitative estimate of drug-likeness (QED) is 0.776. The van der Waals surface area contributed by atoms with Crippen LogP contribution in [0.2, 0.25) is 5.02 Å². The van der Waals surface area contributed by atoms with Gasteiger partial charge >= 0.3 is 0 Å². The van der Waals surface area contributed by atoms with Crippen LogP contribution < -0.4 is 9.86 Å². The van der Waals surface area contributed by atoms with Gasteiger partial charge in [-0.1, -0.05) is 23.7 Å². The van der Waals surface area contributed by atoms with E-state index in [0.717, 1.165) is 11.3 Å². The highest BCUT2D eigenvalue weighted by atomic mass is 79.9. The summed E-state index contributed by atoms with van der Waals surface area (Å²) in [5.74, 6) is 0. The molecule has 0 saturated carbocycles. The van der Waals surface area contributed by atoms with Gasteiger partial charge in [0.1, 0.15) is 9.10 Å². The minimum Gasteiger partial charge on any atom is -0.278 e. The molecule has 0 saturated heterocycles. The lowest BCUT2D eigenvalue weighted by molar-refractivity contribution is 0.598. The van der Waals surface area contributed by atoms with Crippen molar-refractivity contribution < 1.29 is 16.8 Å². The molecule has 0 aliphatic carbocycles. The van der Waals surface area contributed by atoms with Gasteiger partial charge in [0.25, 0.3) is 10.0 Å². The lowest BCUT2D eigenvalue weighted by atomic mass is 10.3. The molecule has 0 bridgehead atoms. The first-order valence-corrected chi connectivity index (χ1v) is 10.2. The van der Waals surface area contributed by atoms with E-state index in [1.54, 1.807) is 0 Å². The predicted molar refractivity (Wildman–Crippen MR) is 85.7 cm³/mol. The molecule has 2 rings (SSSR count). The standard InChI is InChI=1S/C10H8BrClN2O4S3/c11-10-6(12)5-9(19-10)21(17,18)14-7-3-1-2-4-8(7)20(13,15)16/h1-5,14H,(H2,13,15,16). The van der Waals surface area contributed by atoms with Crippen molar-refractivity contribution in [3.8, 4) is 0 Å². The summed E-state index contributed by atoms with van der Waals surface area (Å²) in [5.41, 5.74) is -0.124. The zero-order valence-electron chi connectivity index (χ0n) is 10.1. The summed E-state index contributed by atoms with van der Waals surface area (Å²) in [6.45, 7) is 0. The summed E-state index contributed by atoms with van der Waals surface area (Å²) in [5, 5.41) is 5.30. The number of primary sulfonamides is 1. The Morgan fingerprint density at radius 1 is 1.19 bits per heavy atom. The average Bonchev–Trinajstić information content (AvgIpc) is 2.69. The van der Waals surface area contributed by atoms with E-state index >= 15 is 0 Å². The molecule has 0 radical (unpaired) electrons. The number of nitrogens with two attached hydrogens (primary N) is 1. The highest BCUT2D eigenvalue weighted by molar-refractivity contribution is 9.11. The molecule has 2 aromatic rings. The van der Waals surface area contributed by atoms with Crippen molar-refractivity contribution in [2.75, 3.05) is 4.72 Å². The van der Waals surface area contributed by atoms with Crippen molar-refractivity contribution in [2.24, 2.45) is 5.14 Å². The fourth-order valence-electron chi connectivity index (χ4n) is 1.45. The Labute approximate surface area is 139 Å². The average molecular weight is 432 g/mol. The molecule has 1 aromatic carbocycles. The predicted octanol–water partition coefficient (Wildman–Crippen LogP) is 2.61. The Balaban J connectivity index is 2.47. The van der Waals surface area contributed by atoms with E-state index in [2.05, 4.69) is 20.7 Å². The zero-order valence-corrected chi connectivity index (χ0v) is 14.9. The second-order valence-electron chi connectivity index (χ2n) is 3.83. The molecule has 0 aliphatic heterocycles. The molecule has 1 heterocycles. The first kappa shape index (κ1) is 16.7. The van der Waals surface area contributed by atoms with Gasteiger partial charge in [-0.15, -0.1) is 11.3 Å². The van der Waals surface area contributed by atoms with Crippen LogP contribution in [0.5, 0.6) is 0 Å². The molecule has 3 N–H and O–H groups in total. The maximum Gasteiger partial charge on any atom is 0.271 e. The SMILES string of the molecule is NS(=O)(=O)c1ccccc1NS(=O)(=O)c1cc(Cl)c(Br)s1. The molecular weight excluding hydrogens is 424 g/mol. The first-order chi connectivity index (χ1) is 9.61. The third-order valence-corrected chi connectivity index (χ3v) is 7.61. The second kappa shape index (κ2) is 5.86. The molecular formula is C10H8BrClN2O4S3. The van der Waals surface area contributed by atoms with E-state index < -0.39 is 20.0 Å². The van der Waals surface area contributed by atoms with E-state index in [9.17, 15) is 16.8 Å². The molecule has 21 heavy (non-hydrogen) atoms. The number of rotatable bonds is 4. The molecule has 0 spiro atoms. The Morgan fingerprint density at radius 2 is 1.81 bits per heavy atom. The van der Waals surface area contributed by atoms with Crippen molar-refractivity contribution in [2.45, 2.75) is 9.10 Å². The van der Waals surface area contributed by atoms with Gasteiger partial charge in [0.2, 0.25) is 10.0 Å². The van der Waals surface area contributed by atoms with Gasteiger partial charge in [0.15, 0.2) is 0 Å². The number of thiophene rings is 1. The largest absolute Gasteiger partial charge is 0.278 e. The Hall–Kier alpha value is -0.650. The number of hydrogen-bond acceptors (Lipinski definition) is 5. The summed E-state index contributed by atoms with van der Waals surface area (Å²) in [7, 11) is -8.01. The molecule has 0 fully saturated rings. The van der Waals surface area contributed by atoms with Crippen LogP contribution in [-0.2, 0) is 20.0 Å². The van der Waals surface area contributed by atoms with Crippen LogP contribution in [0, 0.1) is 0 Å². The van der Waals surface area contributed by atoms with Crippen LogP contribution in [0.3, 0.4) is 0 Å². The number of para-hydroxylation sites is 1. The highest BCUT2D eigenvalue weighted by Crippen LogP contribution is 2.35. The van der Waals surface area contributed by atoms with Crippen LogP contribution in [0.15, 0.2) is 43.2 Å². The number of halogens is 2. The Kier molecular flexibility index (Phi) is 4.66. The Morgan fingerprint density at radius 3 is 2.33 bits per heavy atom. The second-order valence-corrected chi connectivity index (χ2v) is 10.1. The first-order valence-electron chi connectivity index (χ1n) is 5.21.